The molecule has 1 saturated heterocycles. The van der Waals surface area contributed by atoms with Crippen LogP contribution in [0.2, 0.25) is 0 Å². The van der Waals surface area contributed by atoms with Crippen LogP contribution in [0, 0.1) is 5.92 Å². The first-order chi connectivity index (χ1) is 9.99. The lowest BCUT2D eigenvalue weighted by molar-refractivity contribution is 0.0602. The maximum absolute atomic E-state index is 12.7. The van der Waals surface area contributed by atoms with Crippen molar-refractivity contribution in [2.45, 2.75) is 39.8 Å². The normalized spacial score (nSPS) is 22.4. The Morgan fingerprint density at radius 3 is 2.90 bits per heavy atom. The molecule has 0 bridgehead atoms. The number of rotatable bonds is 4. The second-order valence-electron chi connectivity index (χ2n) is 6.21. The van der Waals surface area contributed by atoms with Crippen LogP contribution in [0.5, 0.6) is 5.75 Å². The lowest BCUT2D eigenvalue weighted by Crippen LogP contribution is -2.57. The number of hydrogen-bond donors (Lipinski definition) is 1. The molecule has 2 unspecified atom stereocenters. The zero-order chi connectivity index (χ0) is 15.4. The summed E-state index contributed by atoms with van der Waals surface area (Å²) in [5, 5.41) is 3.39. The summed E-state index contributed by atoms with van der Waals surface area (Å²) < 4.78 is 5.71. The van der Waals surface area contributed by atoms with Crippen molar-refractivity contribution in [3.63, 3.8) is 0 Å². The molecule has 1 aliphatic heterocycles. The van der Waals surface area contributed by atoms with Gasteiger partial charge in [0.25, 0.3) is 5.91 Å². The van der Waals surface area contributed by atoms with Gasteiger partial charge in [-0.1, -0.05) is 19.9 Å². The average molecular weight is 290 g/mol. The van der Waals surface area contributed by atoms with Crippen molar-refractivity contribution < 1.29 is 9.53 Å². The minimum atomic E-state index is 0.0887. The molecular formula is C17H26N2O2. The molecule has 1 heterocycles. The van der Waals surface area contributed by atoms with E-state index in [9.17, 15) is 4.79 Å². The number of carbonyl (C=O) groups excluding carboxylic acids is 1. The molecule has 1 amide bonds. The van der Waals surface area contributed by atoms with Crippen molar-refractivity contribution in [1.29, 1.82) is 0 Å². The fourth-order valence-corrected chi connectivity index (χ4v) is 2.49. The third kappa shape index (κ3) is 3.97. The molecule has 4 nitrogen and oxygen atoms in total. The molecule has 1 fully saturated rings. The molecule has 21 heavy (non-hydrogen) atoms. The molecular weight excluding hydrogens is 264 g/mol. The molecule has 116 valence electrons. The summed E-state index contributed by atoms with van der Waals surface area (Å²) in [7, 11) is 0. The highest BCUT2D eigenvalue weighted by Crippen LogP contribution is 2.18. The van der Waals surface area contributed by atoms with Gasteiger partial charge in [-0.05, 0) is 38.0 Å². The minimum absolute atomic E-state index is 0.0887. The third-order valence-electron chi connectivity index (χ3n) is 3.96. The average Bonchev–Trinajstić information content (AvgIpc) is 2.47. The van der Waals surface area contributed by atoms with E-state index in [-0.39, 0.29) is 11.9 Å². The predicted molar refractivity (Wildman–Crippen MR) is 84.7 cm³/mol. The number of amides is 1. The van der Waals surface area contributed by atoms with E-state index in [1.54, 1.807) is 0 Å². The van der Waals surface area contributed by atoms with Crippen LogP contribution in [-0.2, 0) is 0 Å². The fourth-order valence-electron chi connectivity index (χ4n) is 2.49. The number of benzene rings is 1. The zero-order valence-electron chi connectivity index (χ0n) is 13.4. The van der Waals surface area contributed by atoms with Gasteiger partial charge < -0.3 is 15.0 Å². The van der Waals surface area contributed by atoms with Crippen molar-refractivity contribution in [3.8, 4) is 5.75 Å². The topological polar surface area (TPSA) is 41.6 Å². The van der Waals surface area contributed by atoms with Crippen LogP contribution in [0.3, 0.4) is 0 Å². The summed E-state index contributed by atoms with van der Waals surface area (Å²) in [5.41, 5.74) is 0.706. The number of piperazine rings is 1. The zero-order valence-corrected chi connectivity index (χ0v) is 13.4. The molecule has 0 aliphatic carbocycles. The summed E-state index contributed by atoms with van der Waals surface area (Å²) in [5.74, 6) is 1.33. The quantitative estimate of drug-likeness (QED) is 0.926. The number of nitrogens with one attached hydrogen (secondary N) is 1. The van der Waals surface area contributed by atoms with Crippen LogP contribution in [0.4, 0.5) is 0 Å². The van der Waals surface area contributed by atoms with E-state index >= 15 is 0 Å². The van der Waals surface area contributed by atoms with E-state index in [0.29, 0.717) is 24.1 Å². The molecule has 0 radical (unpaired) electrons. The van der Waals surface area contributed by atoms with E-state index in [0.717, 1.165) is 18.8 Å². The van der Waals surface area contributed by atoms with Crippen LogP contribution < -0.4 is 10.1 Å². The second kappa shape index (κ2) is 6.94. The summed E-state index contributed by atoms with van der Waals surface area (Å²) >= 11 is 0. The highest BCUT2D eigenvalue weighted by molar-refractivity contribution is 5.95. The van der Waals surface area contributed by atoms with Crippen molar-refractivity contribution in [2.24, 2.45) is 5.92 Å². The smallest absolute Gasteiger partial charge is 0.254 e. The molecule has 4 heteroatoms. The summed E-state index contributed by atoms with van der Waals surface area (Å²) in [4.78, 5) is 14.6. The maximum atomic E-state index is 12.7. The van der Waals surface area contributed by atoms with Crippen molar-refractivity contribution in [1.82, 2.24) is 10.2 Å². The van der Waals surface area contributed by atoms with Crippen LogP contribution in [0.1, 0.15) is 38.1 Å². The van der Waals surface area contributed by atoms with Gasteiger partial charge in [0.1, 0.15) is 5.75 Å². The van der Waals surface area contributed by atoms with Crippen molar-refractivity contribution >= 4 is 5.91 Å². The van der Waals surface area contributed by atoms with E-state index < -0.39 is 0 Å². The summed E-state index contributed by atoms with van der Waals surface area (Å²) in [6.45, 7) is 10.7. The van der Waals surface area contributed by atoms with Gasteiger partial charge in [-0.3, -0.25) is 4.79 Å². The SMILES string of the molecule is CC(C)COc1cccc(C(=O)N2CCNC(C)C2C)c1. The number of ether oxygens (including phenoxy) is 1. The number of carbonyl (C=O) groups is 1. The Morgan fingerprint density at radius 2 is 2.19 bits per heavy atom. The lowest BCUT2D eigenvalue weighted by Gasteiger charge is -2.38. The number of nitrogens with zero attached hydrogens (tertiary/aromatic N) is 1. The number of hydrogen-bond acceptors (Lipinski definition) is 3. The van der Waals surface area contributed by atoms with E-state index in [1.807, 2.05) is 29.2 Å². The standard InChI is InChI=1S/C17H26N2O2/c1-12(2)11-21-16-7-5-6-15(10-16)17(20)19-9-8-18-13(3)14(19)4/h5-7,10,12-14,18H,8-9,11H2,1-4H3. The summed E-state index contributed by atoms with van der Waals surface area (Å²) in [6, 6.07) is 8.03. The molecule has 0 aromatic heterocycles. The van der Waals surface area contributed by atoms with Gasteiger partial charge in [-0.25, -0.2) is 0 Å². The highest BCUT2D eigenvalue weighted by Gasteiger charge is 2.28. The van der Waals surface area contributed by atoms with Gasteiger partial charge in [0.2, 0.25) is 0 Å². The maximum Gasteiger partial charge on any atom is 0.254 e. The molecule has 1 aromatic carbocycles. The van der Waals surface area contributed by atoms with E-state index in [2.05, 4.69) is 33.0 Å². The Hall–Kier alpha value is -1.55. The van der Waals surface area contributed by atoms with Gasteiger partial charge >= 0.3 is 0 Å². The van der Waals surface area contributed by atoms with Crippen molar-refractivity contribution in [2.75, 3.05) is 19.7 Å². The predicted octanol–water partition coefficient (Wildman–Crippen LogP) is 2.54. The largest absolute Gasteiger partial charge is 0.493 e. The van der Waals surface area contributed by atoms with Gasteiger partial charge in [-0.15, -0.1) is 0 Å². The minimum Gasteiger partial charge on any atom is -0.493 e. The van der Waals surface area contributed by atoms with Crippen LogP contribution >= 0.6 is 0 Å². The van der Waals surface area contributed by atoms with Gasteiger partial charge in [0.15, 0.2) is 0 Å². The monoisotopic (exact) mass is 290 g/mol. The molecule has 2 rings (SSSR count). The van der Waals surface area contributed by atoms with Crippen molar-refractivity contribution in [3.05, 3.63) is 29.8 Å². The molecule has 1 aliphatic rings. The Balaban J connectivity index is 2.10. The van der Waals surface area contributed by atoms with Crippen LogP contribution in [0.25, 0.3) is 0 Å². The molecule has 0 saturated carbocycles. The fraction of sp³-hybridized carbons (Fsp3) is 0.588. The first kappa shape index (κ1) is 15.8. The Morgan fingerprint density at radius 1 is 1.43 bits per heavy atom. The lowest BCUT2D eigenvalue weighted by atomic mass is 10.1. The van der Waals surface area contributed by atoms with Gasteiger partial charge in [0, 0.05) is 30.7 Å². The Kier molecular flexibility index (Phi) is 5.23. The van der Waals surface area contributed by atoms with E-state index in [1.165, 1.54) is 0 Å². The van der Waals surface area contributed by atoms with Gasteiger partial charge in [0.05, 0.1) is 6.61 Å². The van der Waals surface area contributed by atoms with Crippen LogP contribution in [-0.4, -0.2) is 42.6 Å². The Labute approximate surface area is 127 Å². The first-order valence-electron chi connectivity index (χ1n) is 7.76. The molecule has 1 N–H and O–H groups in total. The molecule has 0 spiro atoms. The van der Waals surface area contributed by atoms with Crippen LogP contribution in [0.15, 0.2) is 24.3 Å². The molecule has 1 aromatic rings. The summed E-state index contributed by atoms with van der Waals surface area (Å²) in [6.07, 6.45) is 0. The van der Waals surface area contributed by atoms with E-state index in [4.69, 9.17) is 4.74 Å². The van der Waals surface area contributed by atoms with Gasteiger partial charge in [-0.2, -0.15) is 0 Å². The highest BCUT2D eigenvalue weighted by atomic mass is 16.5. The first-order valence-corrected chi connectivity index (χ1v) is 7.76. The molecule has 2 atom stereocenters. The Bertz CT molecular complexity index is 487. The third-order valence-corrected chi connectivity index (χ3v) is 3.96. The second-order valence-corrected chi connectivity index (χ2v) is 6.21.